The first kappa shape index (κ1) is 16.8. The van der Waals surface area contributed by atoms with Gasteiger partial charge in [0.1, 0.15) is 5.01 Å². The van der Waals surface area contributed by atoms with Crippen molar-refractivity contribution in [2.75, 3.05) is 0 Å². The summed E-state index contributed by atoms with van der Waals surface area (Å²) in [7, 11) is 0. The maximum atomic E-state index is 12.7. The number of carbonyl (C=O) groups excluding carboxylic acids is 3. The van der Waals surface area contributed by atoms with Crippen molar-refractivity contribution in [1.82, 2.24) is 10.3 Å². The van der Waals surface area contributed by atoms with Crippen molar-refractivity contribution in [3.63, 3.8) is 0 Å². The molecule has 128 valence electrons. The van der Waals surface area contributed by atoms with Gasteiger partial charge in [-0.3, -0.25) is 19.7 Å². The van der Waals surface area contributed by atoms with Crippen molar-refractivity contribution in [2.24, 2.45) is 0 Å². The molecule has 0 bridgehead atoms. The van der Waals surface area contributed by atoms with Gasteiger partial charge in [0.15, 0.2) is 0 Å². The zero-order valence-corrected chi connectivity index (χ0v) is 14.3. The minimum Gasteiger partial charge on any atom is -0.454 e. The van der Waals surface area contributed by atoms with Crippen molar-refractivity contribution < 1.29 is 23.9 Å². The molecule has 1 unspecified atom stereocenters. The van der Waals surface area contributed by atoms with Gasteiger partial charge in [-0.2, -0.15) is 0 Å². The zero-order valence-electron chi connectivity index (χ0n) is 13.4. The van der Waals surface area contributed by atoms with E-state index in [0.29, 0.717) is 10.6 Å². The maximum absolute atomic E-state index is 12.7. The molecule has 1 atom stereocenters. The highest BCUT2D eigenvalue weighted by atomic mass is 32.1. The van der Waals surface area contributed by atoms with Crippen molar-refractivity contribution in [3.8, 4) is 0 Å². The van der Waals surface area contributed by atoms with Gasteiger partial charge in [0.2, 0.25) is 17.2 Å². The lowest BCUT2D eigenvalue weighted by Crippen LogP contribution is -2.32. The van der Waals surface area contributed by atoms with E-state index in [9.17, 15) is 14.4 Å². The van der Waals surface area contributed by atoms with E-state index < -0.39 is 23.3 Å². The van der Waals surface area contributed by atoms with Crippen LogP contribution in [-0.4, -0.2) is 22.6 Å². The Morgan fingerprint density at radius 1 is 1.28 bits per heavy atom. The molecule has 1 aliphatic heterocycles. The van der Waals surface area contributed by atoms with E-state index in [4.69, 9.17) is 9.47 Å². The number of nitrogens with zero attached hydrogens (tertiary/aromatic N) is 1. The second-order valence-electron chi connectivity index (χ2n) is 5.37. The lowest BCUT2D eigenvalue weighted by Gasteiger charge is -2.20. The Hall–Kier alpha value is -3.00. The van der Waals surface area contributed by atoms with Crippen LogP contribution < -0.4 is 5.32 Å². The Morgan fingerprint density at radius 3 is 2.60 bits per heavy atom. The van der Waals surface area contributed by atoms with Gasteiger partial charge in [0.05, 0.1) is 0 Å². The summed E-state index contributed by atoms with van der Waals surface area (Å²) in [5.74, 6) is -2.31. The van der Waals surface area contributed by atoms with Crippen LogP contribution >= 0.6 is 11.3 Å². The number of aromatic nitrogens is 1. The third-order valence-corrected chi connectivity index (χ3v) is 4.48. The van der Waals surface area contributed by atoms with Gasteiger partial charge in [-0.05, 0) is 19.1 Å². The summed E-state index contributed by atoms with van der Waals surface area (Å²) >= 11 is 1.22. The van der Waals surface area contributed by atoms with Crippen molar-refractivity contribution in [2.45, 2.75) is 19.4 Å². The molecule has 0 spiro atoms. The molecule has 2 heterocycles. The summed E-state index contributed by atoms with van der Waals surface area (Å²) < 4.78 is 10.7. The Bertz CT molecular complexity index is 860. The third-order valence-electron chi connectivity index (χ3n) is 3.50. The molecule has 0 radical (unpaired) electrons. The fourth-order valence-corrected chi connectivity index (χ4v) is 3.03. The standard InChI is InChI=1S/C17H14N2O5S/c1-10(20)23-12-13(21)17(2,16-18-8-9-25-16)24-15(12)19-14(22)11-6-4-3-5-7-11/h3-9H,1-2H3,(H,19,22). The number of hydrogen-bond acceptors (Lipinski definition) is 7. The Kier molecular flexibility index (Phi) is 4.37. The van der Waals surface area contributed by atoms with Crippen molar-refractivity contribution in [1.29, 1.82) is 0 Å². The number of thiazole rings is 1. The van der Waals surface area contributed by atoms with Gasteiger partial charge in [0, 0.05) is 24.1 Å². The molecule has 8 heteroatoms. The van der Waals surface area contributed by atoms with Crippen LogP contribution in [0.1, 0.15) is 29.2 Å². The second kappa shape index (κ2) is 6.48. The fourth-order valence-electron chi connectivity index (χ4n) is 2.30. The van der Waals surface area contributed by atoms with E-state index in [0.717, 1.165) is 6.92 Å². The molecule has 1 amide bonds. The number of rotatable bonds is 4. The molecule has 0 saturated heterocycles. The molecule has 1 aliphatic rings. The van der Waals surface area contributed by atoms with Crippen LogP contribution in [0.25, 0.3) is 0 Å². The van der Waals surface area contributed by atoms with Crippen LogP contribution in [0.5, 0.6) is 0 Å². The van der Waals surface area contributed by atoms with Crippen LogP contribution in [0.3, 0.4) is 0 Å². The number of nitrogens with one attached hydrogen (secondary N) is 1. The molecular formula is C17H14N2O5S. The van der Waals surface area contributed by atoms with E-state index in [2.05, 4.69) is 10.3 Å². The topological polar surface area (TPSA) is 94.6 Å². The van der Waals surface area contributed by atoms with Crippen LogP contribution in [0.2, 0.25) is 0 Å². The van der Waals surface area contributed by atoms with Crippen LogP contribution in [-0.2, 0) is 24.7 Å². The lowest BCUT2D eigenvalue weighted by atomic mass is 10.0. The van der Waals surface area contributed by atoms with Crippen molar-refractivity contribution >= 4 is 29.0 Å². The number of benzene rings is 1. The first-order valence-electron chi connectivity index (χ1n) is 7.34. The highest BCUT2D eigenvalue weighted by Gasteiger charge is 2.51. The predicted octanol–water partition coefficient (Wildman–Crippen LogP) is 2.12. The Morgan fingerprint density at radius 2 is 2.00 bits per heavy atom. The van der Waals surface area contributed by atoms with Gasteiger partial charge in [-0.15, -0.1) is 11.3 Å². The lowest BCUT2D eigenvalue weighted by molar-refractivity contribution is -0.142. The molecule has 1 aromatic carbocycles. The summed E-state index contributed by atoms with van der Waals surface area (Å²) in [5, 5.41) is 4.59. The van der Waals surface area contributed by atoms with Gasteiger partial charge < -0.3 is 9.47 Å². The summed E-state index contributed by atoms with van der Waals surface area (Å²) in [6.45, 7) is 2.68. The van der Waals surface area contributed by atoms with Gasteiger partial charge in [-0.1, -0.05) is 18.2 Å². The molecule has 0 saturated carbocycles. The molecular weight excluding hydrogens is 344 g/mol. The SMILES string of the molecule is CC(=O)OC1=C(NC(=O)c2ccccc2)OC(C)(c2nccs2)C1=O. The minimum atomic E-state index is -1.46. The average molecular weight is 358 g/mol. The second-order valence-corrected chi connectivity index (χ2v) is 6.27. The molecule has 1 aromatic heterocycles. The smallest absolute Gasteiger partial charge is 0.308 e. The van der Waals surface area contributed by atoms with Crippen LogP contribution in [0.15, 0.2) is 53.6 Å². The predicted molar refractivity (Wildman–Crippen MR) is 88.3 cm³/mol. The van der Waals surface area contributed by atoms with E-state index in [-0.39, 0.29) is 11.6 Å². The third kappa shape index (κ3) is 3.16. The quantitative estimate of drug-likeness (QED) is 0.842. The molecule has 2 aromatic rings. The minimum absolute atomic E-state index is 0.202. The van der Waals surface area contributed by atoms with Crippen molar-refractivity contribution in [3.05, 3.63) is 64.1 Å². The fraction of sp³-hybridized carbons (Fsp3) is 0.176. The Balaban J connectivity index is 1.93. The van der Waals surface area contributed by atoms with E-state index in [1.165, 1.54) is 24.5 Å². The van der Waals surface area contributed by atoms with Crippen LogP contribution in [0, 0.1) is 0 Å². The molecule has 7 nitrogen and oxygen atoms in total. The molecule has 0 fully saturated rings. The summed E-state index contributed by atoms with van der Waals surface area (Å²) in [6.07, 6.45) is 1.54. The van der Waals surface area contributed by atoms with Crippen LogP contribution in [0.4, 0.5) is 0 Å². The number of amides is 1. The number of ketones is 1. The van der Waals surface area contributed by atoms with Gasteiger partial charge in [0.25, 0.3) is 11.7 Å². The molecule has 25 heavy (non-hydrogen) atoms. The first-order chi connectivity index (χ1) is 11.9. The summed E-state index contributed by atoms with van der Waals surface area (Å²) in [4.78, 5) is 40.5. The van der Waals surface area contributed by atoms with Gasteiger partial charge in [-0.25, -0.2) is 4.98 Å². The Labute approximate surface area is 147 Å². The number of Topliss-reactive ketones (excluding diaryl/α,β-unsaturated/α-hetero) is 1. The number of ether oxygens (including phenoxy) is 2. The molecule has 3 rings (SSSR count). The number of hydrogen-bond donors (Lipinski definition) is 1. The highest BCUT2D eigenvalue weighted by molar-refractivity contribution is 7.09. The molecule has 1 N–H and O–H groups in total. The number of esters is 1. The first-order valence-corrected chi connectivity index (χ1v) is 8.22. The van der Waals surface area contributed by atoms with Gasteiger partial charge >= 0.3 is 5.97 Å². The normalized spacial score (nSPS) is 19.5. The summed E-state index contributed by atoms with van der Waals surface area (Å²) in [6, 6.07) is 8.40. The maximum Gasteiger partial charge on any atom is 0.308 e. The van der Waals surface area contributed by atoms with E-state index in [1.807, 2.05) is 0 Å². The zero-order chi connectivity index (χ0) is 18.0. The highest BCUT2D eigenvalue weighted by Crippen LogP contribution is 2.39. The molecule has 0 aliphatic carbocycles. The van der Waals surface area contributed by atoms with E-state index >= 15 is 0 Å². The summed E-state index contributed by atoms with van der Waals surface area (Å²) in [5.41, 5.74) is -1.09. The monoisotopic (exact) mass is 358 g/mol. The van der Waals surface area contributed by atoms with E-state index in [1.54, 1.807) is 35.7 Å². The largest absolute Gasteiger partial charge is 0.454 e. The number of carbonyl (C=O) groups is 3. The average Bonchev–Trinajstić information content (AvgIpc) is 3.20.